The Balaban J connectivity index is 1.44. The van der Waals surface area contributed by atoms with Crippen LogP contribution in [0.25, 0.3) is 0 Å². The maximum absolute atomic E-state index is 11.4. The molecule has 2 N–H and O–H groups in total. The van der Waals surface area contributed by atoms with E-state index < -0.39 is 0 Å². The van der Waals surface area contributed by atoms with E-state index in [1.165, 1.54) is 25.9 Å². The van der Waals surface area contributed by atoms with Gasteiger partial charge in [-0.15, -0.1) is 0 Å². The monoisotopic (exact) mass is 239 g/mol. The molecule has 2 aliphatic rings. The summed E-state index contributed by atoms with van der Waals surface area (Å²) in [5.74, 6) is 1.42. The summed E-state index contributed by atoms with van der Waals surface area (Å²) in [6, 6.07) is 0. The Morgan fingerprint density at radius 2 is 1.88 bits per heavy atom. The molecule has 0 aromatic heterocycles. The third kappa shape index (κ3) is 4.64. The summed E-state index contributed by atoms with van der Waals surface area (Å²) in [5.41, 5.74) is 0. The Morgan fingerprint density at radius 1 is 1.18 bits per heavy atom. The molecule has 4 nitrogen and oxygen atoms in total. The van der Waals surface area contributed by atoms with Crippen molar-refractivity contribution in [2.45, 2.75) is 25.7 Å². The van der Waals surface area contributed by atoms with Gasteiger partial charge in [-0.3, -0.25) is 4.79 Å². The fourth-order valence-corrected chi connectivity index (χ4v) is 2.34. The molecule has 2 fully saturated rings. The van der Waals surface area contributed by atoms with Gasteiger partial charge in [-0.1, -0.05) is 0 Å². The Hall–Kier alpha value is -0.610. The van der Waals surface area contributed by atoms with Gasteiger partial charge in [0.25, 0.3) is 0 Å². The number of nitrogens with zero attached hydrogens (tertiary/aromatic N) is 1. The van der Waals surface area contributed by atoms with Crippen molar-refractivity contribution in [1.82, 2.24) is 15.5 Å². The van der Waals surface area contributed by atoms with E-state index in [-0.39, 0.29) is 5.91 Å². The molecule has 1 aliphatic heterocycles. The van der Waals surface area contributed by atoms with Crippen LogP contribution in [0, 0.1) is 11.8 Å². The van der Waals surface area contributed by atoms with Crippen LogP contribution in [0.1, 0.15) is 25.7 Å². The molecule has 4 heteroatoms. The lowest BCUT2D eigenvalue weighted by Crippen LogP contribution is -2.38. The summed E-state index contributed by atoms with van der Waals surface area (Å²) >= 11 is 0. The summed E-state index contributed by atoms with van der Waals surface area (Å²) in [5, 5.41) is 6.43. The highest BCUT2D eigenvalue weighted by Crippen LogP contribution is 2.28. The zero-order valence-corrected chi connectivity index (χ0v) is 10.9. The Labute approximate surface area is 104 Å². The second-order valence-electron chi connectivity index (χ2n) is 5.52. The van der Waals surface area contributed by atoms with Gasteiger partial charge in [0, 0.05) is 19.0 Å². The molecule has 0 bridgehead atoms. The first-order valence-electron chi connectivity index (χ1n) is 6.92. The Kier molecular flexibility index (Phi) is 4.80. The molecule has 0 radical (unpaired) electrons. The van der Waals surface area contributed by atoms with Crippen molar-refractivity contribution in [1.29, 1.82) is 0 Å². The number of rotatable bonds is 6. The van der Waals surface area contributed by atoms with Crippen LogP contribution in [0.2, 0.25) is 0 Å². The number of likely N-dealkylation sites (tertiary alicyclic amines) is 1. The van der Waals surface area contributed by atoms with Crippen LogP contribution in [0.4, 0.5) is 0 Å². The van der Waals surface area contributed by atoms with E-state index in [0.717, 1.165) is 38.4 Å². The van der Waals surface area contributed by atoms with E-state index in [2.05, 4.69) is 22.6 Å². The van der Waals surface area contributed by atoms with Gasteiger partial charge in [-0.25, -0.2) is 0 Å². The van der Waals surface area contributed by atoms with Gasteiger partial charge >= 0.3 is 0 Å². The van der Waals surface area contributed by atoms with Crippen molar-refractivity contribution in [3.63, 3.8) is 0 Å². The maximum atomic E-state index is 11.4. The summed E-state index contributed by atoms with van der Waals surface area (Å²) in [6.45, 7) is 5.25. The number of carbonyl (C=O) groups is 1. The molecule has 1 amide bonds. The summed E-state index contributed by atoms with van der Waals surface area (Å²) < 4.78 is 0. The topological polar surface area (TPSA) is 44.4 Å². The van der Waals surface area contributed by atoms with Gasteiger partial charge in [0.1, 0.15) is 0 Å². The van der Waals surface area contributed by atoms with Crippen molar-refractivity contribution in [3.8, 4) is 0 Å². The standard InChI is InChI=1S/C13H25N3O/c1-16-8-4-11(5-9-16)10-14-6-7-15-13(17)12-2-3-12/h11-12,14H,2-10H2,1H3,(H,15,17). The molecule has 0 aromatic rings. The summed E-state index contributed by atoms with van der Waals surface area (Å²) in [7, 11) is 2.19. The van der Waals surface area contributed by atoms with E-state index >= 15 is 0 Å². The molecule has 0 atom stereocenters. The van der Waals surface area contributed by atoms with Crippen molar-refractivity contribution >= 4 is 5.91 Å². The first-order valence-corrected chi connectivity index (χ1v) is 6.92. The Bertz CT molecular complexity index is 245. The van der Waals surface area contributed by atoms with Crippen LogP contribution in [0.5, 0.6) is 0 Å². The van der Waals surface area contributed by atoms with Gasteiger partial charge in [0.15, 0.2) is 0 Å². The molecule has 1 heterocycles. The van der Waals surface area contributed by atoms with Crippen molar-refractivity contribution in [3.05, 3.63) is 0 Å². The minimum Gasteiger partial charge on any atom is -0.355 e. The largest absolute Gasteiger partial charge is 0.355 e. The van der Waals surface area contributed by atoms with E-state index in [1.807, 2.05) is 0 Å². The zero-order chi connectivity index (χ0) is 12.1. The maximum Gasteiger partial charge on any atom is 0.223 e. The first kappa shape index (κ1) is 12.8. The van der Waals surface area contributed by atoms with Gasteiger partial charge in [0.2, 0.25) is 5.91 Å². The molecule has 1 aliphatic carbocycles. The molecule has 0 aromatic carbocycles. The van der Waals surface area contributed by atoms with Crippen LogP contribution in [0.15, 0.2) is 0 Å². The van der Waals surface area contributed by atoms with Crippen LogP contribution in [-0.4, -0.2) is 50.6 Å². The van der Waals surface area contributed by atoms with Gasteiger partial charge in [-0.05, 0) is 58.3 Å². The minimum absolute atomic E-state index is 0.256. The number of hydrogen-bond donors (Lipinski definition) is 2. The molecule has 0 spiro atoms. The highest BCUT2D eigenvalue weighted by atomic mass is 16.2. The summed E-state index contributed by atoms with van der Waals surface area (Å²) in [6.07, 6.45) is 4.79. The van der Waals surface area contributed by atoms with E-state index in [1.54, 1.807) is 0 Å². The predicted octanol–water partition coefficient (Wildman–Crippen LogP) is 0.444. The predicted molar refractivity (Wildman–Crippen MR) is 68.8 cm³/mol. The van der Waals surface area contributed by atoms with Crippen LogP contribution < -0.4 is 10.6 Å². The quantitative estimate of drug-likeness (QED) is 0.661. The smallest absolute Gasteiger partial charge is 0.223 e. The fourth-order valence-electron chi connectivity index (χ4n) is 2.34. The normalized spacial score (nSPS) is 22.6. The third-order valence-corrected chi connectivity index (χ3v) is 3.82. The lowest BCUT2D eigenvalue weighted by Gasteiger charge is -2.29. The zero-order valence-electron chi connectivity index (χ0n) is 10.9. The second-order valence-corrected chi connectivity index (χ2v) is 5.52. The number of carbonyl (C=O) groups excluding carboxylic acids is 1. The van der Waals surface area contributed by atoms with E-state index in [4.69, 9.17) is 0 Å². The minimum atomic E-state index is 0.256. The molecule has 17 heavy (non-hydrogen) atoms. The SMILES string of the molecule is CN1CCC(CNCCNC(=O)C2CC2)CC1. The molecular weight excluding hydrogens is 214 g/mol. The molecule has 1 saturated heterocycles. The van der Waals surface area contributed by atoms with Crippen molar-refractivity contribution in [2.24, 2.45) is 11.8 Å². The van der Waals surface area contributed by atoms with Crippen molar-refractivity contribution in [2.75, 3.05) is 39.8 Å². The van der Waals surface area contributed by atoms with Crippen LogP contribution in [0.3, 0.4) is 0 Å². The van der Waals surface area contributed by atoms with E-state index in [0.29, 0.717) is 5.92 Å². The molecular formula is C13H25N3O. The molecule has 0 unspecified atom stereocenters. The first-order chi connectivity index (χ1) is 8.25. The number of hydrogen-bond acceptors (Lipinski definition) is 3. The number of nitrogens with one attached hydrogen (secondary N) is 2. The average Bonchev–Trinajstić information content (AvgIpc) is 3.15. The Morgan fingerprint density at radius 3 is 2.53 bits per heavy atom. The van der Waals surface area contributed by atoms with Crippen LogP contribution in [-0.2, 0) is 4.79 Å². The number of piperidine rings is 1. The highest BCUT2D eigenvalue weighted by Gasteiger charge is 2.28. The van der Waals surface area contributed by atoms with Gasteiger partial charge < -0.3 is 15.5 Å². The third-order valence-electron chi connectivity index (χ3n) is 3.82. The van der Waals surface area contributed by atoms with Crippen molar-refractivity contribution < 1.29 is 4.79 Å². The molecule has 2 rings (SSSR count). The molecule has 1 saturated carbocycles. The highest BCUT2D eigenvalue weighted by molar-refractivity contribution is 5.80. The van der Waals surface area contributed by atoms with Gasteiger partial charge in [0.05, 0.1) is 0 Å². The lowest BCUT2D eigenvalue weighted by atomic mass is 9.97. The summed E-state index contributed by atoms with van der Waals surface area (Å²) in [4.78, 5) is 13.8. The second kappa shape index (κ2) is 6.36. The lowest BCUT2D eigenvalue weighted by molar-refractivity contribution is -0.122. The average molecular weight is 239 g/mol. The molecule has 98 valence electrons. The van der Waals surface area contributed by atoms with Crippen LogP contribution >= 0.6 is 0 Å². The fraction of sp³-hybridized carbons (Fsp3) is 0.923. The van der Waals surface area contributed by atoms with E-state index in [9.17, 15) is 4.79 Å². The number of amides is 1. The van der Waals surface area contributed by atoms with Gasteiger partial charge in [-0.2, -0.15) is 0 Å².